The summed E-state index contributed by atoms with van der Waals surface area (Å²) < 4.78 is 20.9. The van der Waals surface area contributed by atoms with E-state index < -0.39 is 0 Å². The van der Waals surface area contributed by atoms with E-state index in [9.17, 15) is 4.79 Å². The number of carbonyl (C=O) groups excluding carboxylic acids is 1. The molecule has 0 saturated heterocycles. The molecule has 4 nitrogen and oxygen atoms in total. The third-order valence-electron chi connectivity index (χ3n) is 9.56. The highest BCUT2D eigenvalue weighted by molar-refractivity contribution is 5.71. The third-order valence-corrected chi connectivity index (χ3v) is 12.7. The number of halogens is 1. The Morgan fingerprint density at radius 3 is 2.00 bits per heavy atom. The average Bonchev–Trinajstić information content (AvgIpc) is 2.92. The zero-order valence-corrected chi connectivity index (χ0v) is 27.1. The van der Waals surface area contributed by atoms with Crippen molar-refractivity contribution in [2.45, 2.75) is 77.7 Å². The first-order chi connectivity index (χ1) is 19.5. The average molecular weight is 666 g/mol. The third kappa shape index (κ3) is 6.30. The van der Waals surface area contributed by atoms with Crippen LogP contribution in [0.1, 0.15) is 70.9 Å². The molecule has 216 valence electrons. The Kier molecular flexibility index (Phi) is 7.86. The molecule has 0 aromatic heterocycles. The molecule has 7 rings (SSSR count). The summed E-state index contributed by atoms with van der Waals surface area (Å²) in [5, 5.41) is 0. The van der Waals surface area contributed by atoms with Crippen LogP contribution in [-0.2, 0) is 14.9 Å². The molecule has 5 heteroatoms. The predicted octanol–water partition coefficient (Wildman–Crippen LogP) is 5.35. The van der Waals surface area contributed by atoms with Gasteiger partial charge in [-0.2, -0.15) is 0 Å². The molecule has 0 atom stereocenters. The number of hydrogen-bond donors (Lipinski definition) is 0. The normalized spacial score (nSPS) is 26.6. The summed E-state index contributed by atoms with van der Waals surface area (Å²) in [7, 11) is 0. The lowest BCUT2D eigenvalue weighted by atomic mass is 9.50. The molecule has 4 aliphatic carbocycles. The van der Waals surface area contributed by atoms with Gasteiger partial charge in [-0.25, -0.2) is 4.79 Å². The molecule has 0 heterocycles. The maximum atomic E-state index is 12.8. The van der Waals surface area contributed by atoms with Gasteiger partial charge in [-0.15, -0.1) is 0 Å². The summed E-state index contributed by atoms with van der Waals surface area (Å²) in [6, 6.07) is 22.9. The summed E-state index contributed by atoms with van der Waals surface area (Å²) in [6.07, 6.45) is 6.25. The van der Waals surface area contributed by atoms with Gasteiger partial charge in [0.2, 0.25) is 0 Å². The van der Waals surface area contributed by atoms with Crippen LogP contribution < -0.4 is 30.7 Å². The number of benzene rings is 3. The summed E-state index contributed by atoms with van der Waals surface area (Å²) in [4.78, 5) is 12.8. The number of rotatable bonds is 8. The van der Waals surface area contributed by atoms with E-state index >= 15 is 0 Å². The van der Waals surface area contributed by atoms with Crippen LogP contribution in [0.5, 0.6) is 17.2 Å². The van der Waals surface area contributed by atoms with Crippen LogP contribution in [0.3, 0.4) is 0 Å². The van der Waals surface area contributed by atoms with Crippen LogP contribution in [0.4, 0.5) is 0 Å². The standard InChI is InChI=1S/C36H42IO4/c1-23-16-32(14-15-33(23)37-29-8-6-26(7-9-29)35(2,3)4)40-31-12-10-30(11-13-31)39-22-34(38)41-36(5)27-18-24-17-25(20-27)21-28(36)19-24/h6-16,24-25,27-28H,17-22H2,1-5H3/q+1. The van der Waals surface area contributed by atoms with Gasteiger partial charge in [-0.1, -0.05) is 32.9 Å². The van der Waals surface area contributed by atoms with Gasteiger partial charge in [0, 0.05) is 5.56 Å². The van der Waals surface area contributed by atoms with Gasteiger partial charge in [0.25, 0.3) is 0 Å². The predicted molar refractivity (Wildman–Crippen MR) is 157 cm³/mol. The molecule has 4 fully saturated rings. The monoisotopic (exact) mass is 665 g/mol. The molecule has 4 saturated carbocycles. The van der Waals surface area contributed by atoms with E-state index in [1.54, 1.807) is 0 Å². The molecule has 4 aliphatic rings. The fourth-order valence-electron chi connectivity index (χ4n) is 7.36. The first-order valence-corrected chi connectivity index (χ1v) is 17.2. The van der Waals surface area contributed by atoms with Gasteiger partial charge in [0.05, 0.1) is 0 Å². The molecular weight excluding hydrogens is 623 g/mol. The van der Waals surface area contributed by atoms with Gasteiger partial charge in [0.15, 0.2) is 13.7 Å². The van der Waals surface area contributed by atoms with Crippen molar-refractivity contribution in [1.82, 2.24) is 0 Å². The van der Waals surface area contributed by atoms with Crippen molar-refractivity contribution in [2.24, 2.45) is 23.7 Å². The summed E-state index contributed by atoms with van der Waals surface area (Å²) in [5.41, 5.74) is 2.47. The van der Waals surface area contributed by atoms with Gasteiger partial charge < -0.3 is 14.2 Å². The second-order valence-electron chi connectivity index (χ2n) is 13.6. The Morgan fingerprint density at radius 2 is 1.41 bits per heavy atom. The molecule has 0 N–H and O–H groups in total. The van der Waals surface area contributed by atoms with Crippen LogP contribution in [0.25, 0.3) is 0 Å². The number of ether oxygens (including phenoxy) is 3. The minimum atomic E-state index is -0.321. The van der Waals surface area contributed by atoms with Crippen LogP contribution >= 0.6 is 0 Å². The van der Waals surface area contributed by atoms with E-state index in [1.165, 1.54) is 50.4 Å². The molecule has 0 radical (unpaired) electrons. The van der Waals surface area contributed by atoms with E-state index in [0.717, 1.165) is 23.3 Å². The zero-order valence-electron chi connectivity index (χ0n) is 24.9. The Bertz CT molecular complexity index is 1360. The van der Waals surface area contributed by atoms with Gasteiger partial charge in [-0.3, -0.25) is 0 Å². The largest absolute Gasteiger partial charge is 0.482 e. The van der Waals surface area contributed by atoms with Crippen molar-refractivity contribution in [1.29, 1.82) is 0 Å². The molecule has 4 bridgehead atoms. The van der Waals surface area contributed by atoms with Crippen LogP contribution in [0.2, 0.25) is 0 Å². The fraction of sp³-hybridized carbons (Fsp3) is 0.472. The maximum absolute atomic E-state index is 12.8. The molecule has 0 aliphatic heterocycles. The molecule has 41 heavy (non-hydrogen) atoms. The Labute approximate surface area is 255 Å². The minimum absolute atomic E-state index is 0.0647. The Morgan fingerprint density at radius 1 is 0.829 bits per heavy atom. The molecule has 0 amide bonds. The second-order valence-corrected chi connectivity index (χ2v) is 16.5. The van der Waals surface area contributed by atoms with Crippen molar-refractivity contribution in [3.05, 3.63) is 85.0 Å². The highest BCUT2D eigenvalue weighted by atomic mass is 127. The van der Waals surface area contributed by atoms with Gasteiger partial charge >= 0.3 is 27.2 Å². The quantitative estimate of drug-likeness (QED) is 0.241. The van der Waals surface area contributed by atoms with Gasteiger partial charge in [0.1, 0.15) is 22.8 Å². The smallest absolute Gasteiger partial charge is 0.358 e. The van der Waals surface area contributed by atoms with Crippen LogP contribution in [0, 0.1) is 37.7 Å². The van der Waals surface area contributed by atoms with E-state index in [-0.39, 0.29) is 44.8 Å². The first-order valence-electron chi connectivity index (χ1n) is 15.0. The number of hydrogen-bond acceptors (Lipinski definition) is 4. The number of carbonyl (C=O) groups is 1. The minimum Gasteiger partial charge on any atom is -0.482 e. The molecule has 0 unspecified atom stereocenters. The van der Waals surface area contributed by atoms with Crippen molar-refractivity contribution in [3.63, 3.8) is 0 Å². The maximum Gasteiger partial charge on any atom is 0.358 e. The number of esters is 1. The summed E-state index contributed by atoms with van der Waals surface area (Å²) in [5.74, 6) is 4.65. The van der Waals surface area contributed by atoms with E-state index in [1.807, 2.05) is 24.3 Å². The molecule has 0 spiro atoms. The fourth-order valence-corrected chi connectivity index (χ4v) is 9.69. The van der Waals surface area contributed by atoms with Crippen molar-refractivity contribution < 1.29 is 40.2 Å². The lowest BCUT2D eigenvalue weighted by Crippen LogP contribution is -3.61. The van der Waals surface area contributed by atoms with Crippen molar-refractivity contribution in [2.75, 3.05) is 6.61 Å². The molecule has 3 aromatic rings. The van der Waals surface area contributed by atoms with Crippen molar-refractivity contribution in [3.8, 4) is 17.2 Å². The van der Waals surface area contributed by atoms with Crippen LogP contribution in [-0.4, -0.2) is 18.2 Å². The second kappa shape index (κ2) is 11.3. The van der Waals surface area contributed by atoms with Crippen LogP contribution in [0.15, 0.2) is 66.7 Å². The number of aryl methyl sites for hydroxylation is 1. The van der Waals surface area contributed by atoms with E-state index in [2.05, 4.69) is 77.1 Å². The highest BCUT2D eigenvalue weighted by Gasteiger charge is 2.57. The zero-order chi connectivity index (χ0) is 28.8. The topological polar surface area (TPSA) is 44.8 Å². The first kappa shape index (κ1) is 28.6. The SMILES string of the molecule is Cc1cc(Oc2ccc(OCC(=O)OC3(C)C4CC5CC(C4)CC3C5)cc2)ccc1[I+]c1ccc(C(C)(C)C)cc1. The summed E-state index contributed by atoms with van der Waals surface area (Å²) in [6.45, 7) is 11.0. The van der Waals surface area contributed by atoms with Crippen molar-refractivity contribution >= 4 is 5.97 Å². The van der Waals surface area contributed by atoms with E-state index in [4.69, 9.17) is 14.2 Å². The Hall–Kier alpha value is -2.54. The van der Waals surface area contributed by atoms with Gasteiger partial charge in [-0.05, 0) is 135 Å². The lowest BCUT2D eigenvalue weighted by molar-refractivity contribution is -0.598. The lowest BCUT2D eigenvalue weighted by Gasteiger charge is -2.59. The molecule has 3 aromatic carbocycles. The highest BCUT2D eigenvalue weighted by Crippen LogP contribution is 2.59. The summed E-state index contributed by atoms with van der Waals surface area (Å²) >= 11 is -0.253. The molecular formula is C36H42IO4+. The Balaban J connectivity index is 1.00. The van der Waals surface area contributed by atoms with E-state index in [0.29, 0.717) is 17.6 Å².